The fourth-order valence-electron chi connectivity index (χ4n) is 0.987. The van der Waals surface area contributed by atoms with Gasteiger partial charge in [0.15, 0.2) is 0 Å². The molecule has 90 valence electrons. The largest absolute Gasteiger partial charge is 0.356 e. The number of unbranched alkanes of at least 4 members (excludes halogenated alkanes) is 1. The maximum absolute atomic E-state index is 11.3. The average Bonchev–Trinajstić information content (AvgIpc) is 2.14. The second kappa shape index (κ2) is 7.64. The lowest BCUT2D eigenvalue weighted by Crippen LogP contribution is -2.30. The Kier molecular flexibility index (Phi) is 7.33. The zero-order valence-corrected chi connectivity index (χ0v) is 10.2. The first-order chi connectivity index (χ1) is 6.98. The van der Waals surface area contributed by atoms with Crippen LogP contribution in [0, 0.1) is 0 Å². The van der Waals surface area contributed by atoms with Crippen LogP contribution < -0.4 is 10.0 Å². The minimum absolute atomic E-state index is 0.0937. The molecule has 0 unspecified atom stereocenters. The first-order valence-corrected chi connectivity index (χ1v) is 6.85. The standard InChI is InChI=1S/C9H20N2O3S/c1-3-4-8-15(13,14)11-7-5-6-10-9(2)12/h11H,3-8H2,1-2H3,(H,10,12). The van der Waals surface area contributed by atoms with Gasteiger partial charge in [0.1, 0.15) is 0 Å². The fourth-order valence-corrected chi connectivity index (χ4v) is 2.26. The first-order valence-electron chi connectivity index (χ1n) is 5.19. The van der Waals surface area contributed by atoms with Gasteiger partial charge in [-0.2, -0.15) is 0 Å². The molecule has 0 saturated carbocycles. The third kappa shape index (κ3) is 9.68. The Morgan fingerprint density at radius 1 is 1.20 bits per heavy atom. The molecule has 15 heavy (non-hydrogen) atoms. The predicted molar refractivity (Wildman–Crippen MR) is 60.0 cm³/mol. The molecule has 0 rings (SSSR count). The highest BCUT2D eigenvalue weighted by atomic mass is 32.2. The van der Waals surface area contributed by atoms with Gasteiger partial charge in [0.05, 0.1) is 5.75 Å². The van der Waals surface area contributed by atoms with Crippen LogP contribution in [-0.2, 0) is 14.8 Å². The van der Waals surface area contributed by atoms with Crippen LogP contribution in [0.15, 0.2) is 0 Å². The van der Waals surface area contributed by atoms with Gasteiger partial charge in [-0.1, -0.05) is 13.3 Å². The summed E-state index contributed by atoms with van der Waals surface area (Å²) in [5, 5.41) is 2.60. The molecule has 0 spiro atoms. The quantitative estimate of drug-likeness (QED) is 0.592. The molecule has 2 N–H and O–H groups in total. The summed E-state index contributed by atoms with van der Waals surface area (Å²) in [6, 6.07) is 0. The number of carbonyl (C=O) groups is 1. The molecule has 6 heteroatoms. The predicted octanol–water partition coefficient (Wildman–Crippen LogP) is 0.232. The monoisotopic (exact) mass is 236 g/mol. The van der Waals surface area contributed by atoms with Crippen molar-refractivity contribution >= 4 is 15.9 Å². The third-order valence-electron chi connectivity index (χ3n) is 1.82. The van der Waals surface area contributed by atoms with Crippen molar-refractivity contribution in [3.05, 3.63) is 0 Å². The Morgan fingerprint density at radius 2 is 1.87 bits per heavy atom. The fraction of sp³-hybridized carbons (Fsp3) is 0.889. The Hall–Kier alpha value is -0.620. The highest BCUT2D eigenvalue weighted by Gasteiger charge is 2.07. The van der Waals surface area contributed by atoms with E-state index in [-0.39, 0.29) is 11.7 Å². The lowest BCUT2D eigenvalue weighted by Gasteiger charge is -2.06. The molecule has 0 aliphatic heterocycles. The number of nitrogens with one attached hydrogen (secondary N) is 2. The van der Waals surface area contributed by atoms with E-state index in [4.69, 9.17) is 0 Å². The van der Waals surface area contributed by atoms with Crippen LogP contribution in [-0.4, -0.2) is 33.2 Å². The minimum atomic E-state index is -3.11. The summed E-state index contributed by atoms with van der Waals surface area (Å²) < 4.78 is 25.1. The minimum Gasteiger partial charge on any atom is -0.356 e. The van der Waals surface area contributed by atoms with Crippen LogP contribution in [0.25, 0.3) is 0 Å². The summed E-state index contributed by atoms with van der Waals surface area (Å²) >= 11 is 0. The van der Waals surface area contributed by atoms with E-state index in [2.05, 4.69) is 10.0 Å². The molecule has 0 saturated heterocycles. The molecule has 0 radical (unpaired) electrons. The van der Waals surface area contributed by atoms with Gasteiger partial charge in [-0.3, -0.25) is 4.79 Å². The number of sulfonamides is 1. The highest BCUT2D eigenvalue weighted by molar-refractivity contribution is 7.89. The van der Waals surface area contributed by atoms with Crippen molar-refractivity contribution in [3.8, 4) is 0 Å². The van der Waals surface area contributed by atoms with E-state index in [1.54, 1.807) is 0 Å². The molecule has 0 aliphatic carbocycles. The van der Waals surface area contributed by atoms with E-state index < -0.39 is 10.0 Å². The number of hydrogen-bond donors (Lipinski definition) is 2. The van der Waals surface area contributed by atoms with Crippen LogP contribution in [0.3, 0.4) is 0 Å². The summed E-state index contributed by atoms with van der Waals surface area (Å²) in [6.45, 7) is 4.27. The van der Waals surface area contributed by atoms with Crippen molar-refractivity contribution in [2.45, 2.75) is 33.1 Å². The van der Waals surface area contributed by atoms with Gasteiger partial charge in [0.25, 0.3) is 0 Å². The molecule has 0 aromatic heterocycles. The van der Waals surface area contributed by atoms with E-state index in [0.29, 0.717) is 25.9 Å². The van der Waals surface area contributed by atoms with Crippen LogP contribution in [0.2, 0.25) is 0 Å². The zero-order chi connectivity index (χ0) is 11.7. The number of rotatable bonds is 8. The second-order valence-corrected chi connectivity index (χ2v) is 5.33. The number of carbonyl (C=O) groups excluding carboxylic acids is 1. The van der Waals surface area contributed by atoms with Crippen LogP contribution in [0.5, 0.6) is 0 Å². The van der Waals surface area contributed by atoms with Gasteiger partial charge in [-0.15, -0.1) is 0 Å². The Bertz CT molecular complexity index is 275. The molecular formula is C9H20N2O3S. The lowest BCUT2D eigenvalue weighted by atomic mass is 10.4. The Labute approximate surface area is 91.7 Å². The molecular weight excluding hydrogens is 216 g/mol. The van der Waals surface area contributed by atoms with Crippen molar-refractivity contribution in [2.75, 3.05) is 18.8 Å². The lowest BCUT2D eigenvalue weighted by molar-refractivity contribution is -0.118. The topological polar surface area (TPSA) is 75.3 Å². The van der Waals surface area contributed by atoms with E-state index in [0.717, 1.165) is 6.42 Å². The van der Waals surface area contributed by atoms with Gasteiger partial charge in [0, 0.05) is 20.0 Å². The molecule has 0 fully saturated rings. The number of amides is 1. The Balaban J connectivity index is 3.53. The van der Waals surface area contributed by atoms with Crippen molar-refractivity contribution in [3.63, 3.8) is 0 Å². The summed E-state index contributed by atoms with van der Waals surface area (Å²) in [5.41, 5.74) is 0. The summed E-state index contributed by atoms with van der Waals surface area (Å²) in [7, 11) is -3.11. The highest BCUT2D eigenvalue weighted by Crippen LogP contribution is 1.93. The van der Waals surface area contributed by atoms with Gasteiger partial charge in [0.2, 0.25) is 15.9 Å². The third-order valence-corrected chi connectivity index (χ3v) is 3.29. The van der Waals surface area contributed by atoms with Crippen LogP contribution in [0.1, 0.15) is 33.1 Å². The van der Waals surface area contributed by atoms with Crippen molar-refractivity contribution in [2.24, 2.45) is 0 Å². The maximum Gasteiger partial charge on any atom is 0.216 e. The van der Waals surface area contributed by atoms with E-state index in [1.165, 1.54) is 6.92 Å². The average molecular weight is 236 g/mol. The van der Waals surface area contributed by atoms with Crippen LogP contribution in [0.4, 0.5) is 0 Å². The summed E-state index contributed by atoms with van der Waals surface area (Å²) in [4.78, 5) is 10.5. The smallest absolute Gasteiger partial charge is 0.216 e. The van der Waals surface area contributed by atoms with Crippen LogP contribution >= 0.6 is 0 Å². The molecule has 1 amide bonds. The normalized spacial score (nSPS) is 11.3. The summed E-state index contributed by atoms with van der Waals surface area (Å²) in [6.07, 6.45) is 2.17. The molecule has 0 aromatic carbocycles. The van der Waals surface area contributed by atoms with Gasteiger partial charge >= 0.3 is 0 Å². The maximum atomic E-state index is 11.3. The van der Waals surface area contributed by atoms with E-state index in [1.807, 2.05) is 6.92 Å². The molecule has 0 aliphatic rings. The summed E-state index contributed by atoms with van der Waals surface area (Å²) in [5.74, 6) is 0.0905. The first kappa shape index (κ1) is 14.4. The van der Waals surface area contributed by atoms with Crippen molar-refractivity contribution < 1.29 is 13.2 Å². The van der Waals surface area contributed by atoms with Gasteiger partial charge in [-0.05, 0) is 12.8 Å². The number of hydrogen-bond acceptors (Lipinski definition) is 3. The van der Waals surface area contributed by atoms with Gasteiger partial charge in [-0.25, -0.2) is 13.1 Å². The zero-order valence-electron chi connectivity index (χ0n) is 9.38. The molecule has 0 heterocycles. The Morgan fingerprint density at radius 3 is 2.40 bits per heavy atom. The SMILES string of the molecule is CCCCS(=O)(=O)NCCCNC(C)=O. The van der Waals surface area contributed by atoms with E-state index in [9.17, 15) is 13.2 Å². The second-order valence-electron chi connectivity index (χ2n) is 3.40. The van der Waals surface area contributed by atoms with Gasteiger partial charge < -0.3 is 5.32 Å². The molecule has 5 nitrogen and oxygen atoms in total. The van der Waals surface area contributed by atoms with E-state index >= 15 is 0 Å². The van der Waals surface area contributed by atoms with Crippen molar-refractivity contribution in [1.29, 1.82) is 0 Å². The molecule has 0 aromatic rings. The molecule has 0 bridgehead atoms. The van der Waals surface area contributed by atoms with Crippen molar-refractivity contribution in [1.82, 2.24) is 10.0 Å². The molecule has 0 atom stereocenters.